The van der Waals surface area contributed by atoms with Crippen LogP contribution in [0.3, 0.4) is 0 Å². The third-order valence-electron chi connectivity index (χ3n) is 6.28. The Kier molecular flexibility index (Phi) is 7.03. The maximum absolute atomic E-state index is 13.8. The molecule has 2 unspecified atom stereocenters. The molecule has 2 aliphatic rings. The lowest BCUT2D eigenvalue weighted by atomic mass is 9.82. The van der Waals surface area contributed by atoms with Crippen LogP contribution >= 0.6 is 0 Å². The summed E-state index contributed by atoms with van der Waals surface area (Å²) in [5, 5.41) is 17.5. The van der Waals surface area contributed by atoms with Crippen LogP contribution in [0.2, 0.25) is 0 Å². The number of para-hydroxylation sites is 1. The first kappa shape index (κ1) is 22.6. The number of anilines is 1. The number of carbonyl (C=O) groups is 1. The molecule has 1 amide bonds. The molecule has 0 radical (unpaired) electrons. The molecule has 0 bridgehead atoms. The summed E-state index contributed by atoms with van der Waals surface area (Å²) in [5.41, 5.74) is 0.251. The molecule has 2 aliphatic heterocycles. The van der Waals surface area contributed by atoms with Crippen molar-refractivity contribution in [2.75, 3.05) is 31.1 Å². The summed E-state index contributed by atoms with van der Waals surface area (Å²) in [5.74, 6) is -0.742. The molecule has 0 saturated carbocycles. The molecule has 2 fully saturated rings. The molecule has 8 heteroatoms. The zero-order valence-electron chi connectivity index (χ0n) is 17.9. The third kappa shape index (κ3) is 5.26. The van der Waals surface area contributed by atoms with Crippen molar-refractivity contribution in [1.29, 1.82) is 0 Å². The van der Waals surface area contributed by atoms with E-state index in [2.05, 4.69) is 10.6 Å². The number of aliphatic hydroxyl groups excluding tert-OH is 1. The number of aliphatic hydroxyl groups is 1. The van der Waals surface area contributed by atoms with Crippen molar-refractivity contribution in [2.45, 2.75) is 43.4 Å². The van der Waals surface area contributed by atoms with E-state index < -0.39 is 17.5 Å². The largest absolute Gasteiger partial charge is 0.488 e. The van der Waals surface area contributed by atoms with Crippen molar-refractivity contribution in [3.8, 4) is 5.75 Å². The molecule has 2 aromatic carbocycles. The van der Waals surface area contributed by atoms with Crippen LogP contribution in [0.25, 0.3) is 0 Å². The normalized spacial score (nSPS) is 21.5. The summed E-state index contributed by atoms with van der Waals surface area (Å²) in [7, 11) is 0. The number of hydrogen-bond acceptors (Lipinski definition) is 5. The molecule has 0 spiro atoms. The zero-order valence-corrected chi connectivity index (χ0v) is 17.9. The maximum atomic E-state index is 13.8. The Morgan fingerprint density at radius 2 is 1.88 bits per heavy atom. The number of hydrogen-bond donors (Lipinski definition) is 3. The van der Waals surface area contributed by atoms with Crippen molar-refractivity contribution in [3.63, 3.8) is 0 Å². The minimum atomic E-state index is -0.815. The van der Waals surface area contributed by atoms with Gasteiger partial charge in [-0.05, 0) is 75.2 Å². The van der Waals surface area contributed by atoms with Gasteiger partial charge in [-0.15, -0.1) is 0 Å². The summed E-state index contributed by atoms with van der Waals surface area (Å²) in [4.78, 5) is 14.7. The van der Waals surface area contributed by atoms with Crippen LogP contribution in [0, 0.1) is 11.6 Å². The highest BCUT2D eigenvalue weighted by Crippen LogP contribution is 2.29. The number of ether oxygens (including phenoxy) is 1. The van der Waals surface area contributed by atoms with E-state index in [4.69, 9.17) is 4.74 Å². The number of rotatable bonds is 8. The van der Waals surface area contributed by atoms with Crippen molar-refractivity contribution in [2.24, 2.45) is 0 Å². The van der Waals surface area contributed by atoms with E-state index in [9.17, 15) is 18.7 Å². The molecular formula is C24H29F2N3O3. The van der Waals surface area contributed by atoms with Crippen LogP contribution in [0.5, 0.6) is 5.75 Å². The smallest absolute Gasteiger partial charge is 0.244 e. The lowest BCUT2D eigenvalue weighted by Crippen LogP contribution is -2.59. The fraction of sp³-hybridized carbons (Fsp3) is 0.458. The second-order valence-corrected chi connectivity index (χ2v) is 8.58. The van der Waals surface area contributed by atoms with Crippen LogP contribution < -0.4 is 20.3 Å². The second-order valence-electron chi connectivity index (χ2n) is 8.58. The van der Waals surface area contributed by atoms with Gasteiger partial charge < -0.3 is 25.4 Å². The molecule has 0 aliphatic carbocycles. The molecule has 2 heterocycles. The Hall–Kier alpha value is -2.55. The Morgan fingerprint density at radius 1 is 1.16 bits per heavy atom. The van der Waals surface area contributed by atoms with E-state index in [1.807, 2.05) is 0 Å². The van der Waals surface area contributed by atoms with E-state index in [0.29, 0.717) is 25.1 Å². The van der Waals surface area contributed by atoms with Gasteiger partial charge in [0.1, 0.15) is 12.4 Å². The molecule has 2 saturated heterocycles. The summed E-state index contributed by atoms with van der Waals surface area (Å²) >= 11 is 0. The van der Waals surface area contributed by atoms with E-state index >= 15 is 0 Å². The minimum absolute atomic E-state index is 0.0297. The topological polar surface area (TPSA) is 73.8 Å². The number of halogens is 2. The predicted molar refractivity (Wildman–Crippen MR) is 118 cm³/mol. The summed E-state index contributed by atoms with van der Waals surface area (Å²) in [6.07, 6.45) is 1.72. The highest BCUT2D eigenvalue weighted by atomic mass is 19.1. The van der Waals surface area contributed by atoms with Gasteiger partial charge in [-0.3, -0.25) is 4.79 Å². The molecule has 6 nitrogen and oxygen atoms in total. The molecule has 3 N–H and O–H groups in total. The molecule has 172 valence electrons. The van der Waals surface area contributed by atoms with Crippen LogP contribution in [0.1, 0.15) is 25.7 Å². The molecule has 2 aromatic rings. The van der Waals surface area contributed by atoms with Crippen LogP contribution in [-0.2, 0) is 4.79 Å². The molecule has 4 rings (SSSR count). The average Bonchev–Trinajstić information content (AvgIpc) is 3.14. The van der Waals surface area contributed by atoms with Gasteiger partial charge in [0.05, 0.1) is 12.1 Å². The molecule has 0 aromatic heterocycles. The van der Waals surface area contributed by atoms with Crippen molar-refractivity contribution < 1.29 is 23.4 Å². The van der Waals surface area contributed by atoms with Crippen molar-refractivity contribution in [1.82, 2.24) is 10.6 Å². The Labute approximate surface area is 186 Å². The highest BCUT2D eigenvalue weighted by molar-refractivity contribution is 5.99. The molecular weight excluding hydrogens is 416 g/mol. The van der Waals surface area contributed by atoms with Gasteiger partial charge in [0.25, 0.3) is 0 Å². The van der Waals surface area contributed by atoms with Crippen molar-refractivity contribution in [3.05, 3.63) is 60.2 Å². The first-order chi connectivity index (χ1) is 15.5. The standard InChI is InChI=1S/C24H29F2N3O3/c25-17-5-7-18(8-6-17)29-14-9-21(23(29)31)28-24(10-12-27-13-11-24)15-19(30)16-32-22-4-2-1-3-20(22)26/h1-8,19,21,27-28,30H,9-16H2. The van der Waals surface area contributed by atoms with Gasteiger partial charge in [0.15, 0.2) is 11.6 Å². The van der Waals surface area contributed by atoms with Crippen LogP contribution in [0.15, 0.2) is 48.5 Å². The Balaban J connectivity index is 1.40. The maximum Gasteiger partial charge on any atom is 0.244 e. The zero-order chi connectivity index (χ0) is 22.6. The van der Waals surface area contributed by atoms with Gasteiger partial charge in [-0.25, -0.2) is 8.78 Å². The van der Waals surface area contributed by atoms with Crippen molar-refractivity contribution >= 4 is 11.6 Å². The Bertz CT molecular complexity index is 919. The lowest BCUT2D eigenvalue weighted by molar-refractivity contribution is -0.119. The fourth-order valence-corrected chi connectivity index (χ4v) is 4.63. The third-order valence-corrected chi connectivity index (χ3v) is 6.28. The molecule has 32 heavy (non-hydrogen) atoms. The summed E-state index contributed by atoms with van der Waals surface area (Å²) in [6.45, 7) is 2.07. The number of nitrogens with zero attached hydrogens (tertiary/aromatic N) is 1. The van der Waals surface area contributed by atoms with E-state index in [0.717, 1.165) is 25.9 Å². The first-order valence-corrected chi connectivity index (χ1v) is 11.1. The SMILES string of the molecule is O=C1C(NC2(CC(O)COc3ccccc3F)CCNCC2)CCN1c1ccc(F)cc1. The number of amides is 1. The summed E-state index contributed by atoms with van der Waals surface area (Å²) in [6, 6.07) is 11.7. The number of nitrogens with one attached hydrogen (secondary N) is 2. The van der Waals surface area contributed by atoms with E-state index in [1.54, 1.807) is 29.2 Å². The second kappa shape index (κ2) is 9.94. The average molecular weight is 446 g/mol. The Morgan fingerprint density at radius 3 is 2.59 bits per heavy atom. The minimum Gasteiger partial charge on any atom is -0.488 e. The van der Waals surface area contributed by atoms with Gasteiger partial charge >= 0.3 is 0 Å². The van der Waals surface area contributed by atoms with Gasteiger partial charge in [0.2, 0.25) is 5.91 Å². The monoisotopic (exact) mass is 445 g/mol. The van der Waals surface area contributed by atoms with Gasteiger partial charge in [-0.2, -0.15) is 0 Å². The summed E-state index contributed by atoms with van der Waals surface area (Å²) < 4.78 is 32.5. The first-order valence-electron chi connectivity index (χ1n) is 11.1. The lowest BCUT2D eigenvalue weighted by Gasteiger charge is -2.41. The number of carbonyl (C=O) groups excluding carboxylic acids is 1. The van der Waals surface area contributed by atoms with Gasteiger partial charge in [-0.1, -0.05) is 12.1 Å². The number of piperidine rings is 1. The van der Waals surface area contributed by atoms with Crippen LogP contribution in [0.4, 0.5) is 14.5 Å². The highest BCUT2D eigenvalue weighted by Gasteiger charge is 2.41. The molecule has 2 atom stereocenters. The van der Waals surface area contributed by atoms with Crippen LogP contribution in [-0.4, -0.2) is 54.9 Å². The van der Waals surface area contributed by atoms with Gasteiger partial charge in [0, 0.05) is 17.8 Å². The predicted octanol–water partition coefficient (Wildman–Crippen LogP) is 2.61. The quantitative estimate of drug-likeness (QED) is 0.583. The number of benzene rings is 2. The fourth-order valence-electron chi connectivity index (χ4n) is 4.63. The van der Waals surface area contributed by atoms with E-state index in [1.165, 1.54) is 24.3 Å². The van der Waals surface area contributed by atoms with E-state index in [-0.39, 0.29) is 30.1 Å².